The monoisotopic (exact) mass is 295 g/mol. The fraction of sp³-hybridized carbons (Fsp3) is 0.750. The molecule has 1 unspecified atom stereocenters. The van der Waals surface area contributed by atoms with E-state index in [0.29, 0.717) is 6.04 Å². The van der Waals surface area contributed by atoms with Gasteiger partial charge in [-0.05, 0) is 31.4 Å². The van der Waals surface area contributed by atoms with Gasteiger partial charge in [0.15, 0.2) is 0 Å². The molecule has 1 atom stereocenters. The zero-order valence-electron chi connectivity index (χ0n) is 13.4. The molecule has 3 nitrogen and oxygen atoms in total. The predicted octanol–water partition coefficient (Wildman–Crippen LogP) is 2.64. The van der Waals surface area contributed by atoms with Crippen molar-refractivity contribution in [2.24, 2.45) is 11.7 Å². The van der Waals surface area contributed by atoms with Crippen LogP contribution in [0, 0.1) is 19.8 Å². The lowest BCUT2D eigenvalue weighted by atomic mass is 10.0. The summed E-state index contributed by atoms with van der Waals surface area (Å²) in [6, 6.07) is 2.74. The Kier molecular flexibility index (Phi) is 5.61. The topological polar surface area (TPSA) is 32.5 Å². The highest BCUT2D eigenvalue weighted by atomic mass is 32.1. The van der Waals surface area contributed by atoms with Crippen LogP contribution in [0.2, 0.25) is 0 Å². The Hall–Kier alpha value is -0.420. The van der Waals surface area contributed by atoms with Gasteiger partial charge >= 0.3 is 0 Å². The van der Waals surface area contributed by atoms with Gasteiger partial charge < -0.3 is 10.6 Å². The van der Waals surface area contributed by atoms with E-state index in [4.69, 9.17) is 5.73 Å². The van der Waals surface area contributed by atoms with Crippen LogP contribution in [0.3, 0.4) is 0 Å². The molecule has 1 saturated heterocycles. The second-order valence-corrected chi connectivity index (χ2v) is 7.81. The summed E-state index contributed by atoms with van der Waals surface area (Å²) >= 11 is 1.89. The third-order valence-electron chi connectivity index (χ3n) is 4.13. The maximum absolute atomic E-state index is 6.08. The lowest BCUT2D eigenvalue weighted by molar-refractivity contribution is 0.0912. The molecule has 0 aromatic carbocycles. The fourth-order valence-corrected chi connectivity index (χ4v) is 4.21. The molecule has 114 valence electrons. The second kappa shape index (κ2) is 7.03. The van der Waals surface area contributed by atoms with Crippen LogP contribution in [-0.4, -0.2) is 49.1 Å². The fourth-order valence-electron chi connectivity index (χ4n) is 3.23. The molecule has 4 heteroatoms. The van der Waals surface area contributed by atoms with Crippen molar-refractivity contribution in [3.8, 4) is 0 Å². The van der Waals surface area contributed by atoms with Crippen molar-refractivity contribution in [1.29, 1.82) is 0 Å². The van der Waals surface area contributed by atoms with Gasteiger partial charge in [0.05, 0.1) is 0 Å². The summed E-state index contributed by atoms with van der Waals surface area (Å²) in [7, 11) is 0. The van der Waals surface area contributed by atoms with Crippen LogP contribution in [0.4, 0.5) is 0 Å². The minimum absolute atomic E-state index is 0.404. The van der Waals surface area contributed by atoms with E-state index < -0.39 is 0 Å². The number of thiophene rings is 1. The van der Waals surface area contributed by atoms with Crippen LogP contribution < -0.4 is 5.73 Å². The van der Waals surface area contributed by atoms with Crippen molar-refractivity contribution in [2.45, 2.75) is 33.7 Å². The van der Waals surface area contributed by atoms with Crippen LogP contribution in [0.5, 0.6) is 0 Å². The molecular weight excluding hydrogens is 266 g/mol. The van der Waals surface area contributed by atoms with E-state index in [0.717, 1.165) is 25.6 Å². The van der Waals surface area contributed by atoms with Crippen molar-refractivity contribution >= 4 is 11.3 Å². The van der Waals surface area contributed by atoms with Gasteiger partial charge in [0.2, 0.25) is 0 Å². The molecule has 0 aliphatic carbocycles. The molecule has 1 aromatic heterocycles. The Balaban J connectivity index is 1.99. The van der Waals surface area contributed by atoms with Gasteiger partial charge in [-0.2, -0.15) is 0 Å². The van der Waals surface area contributed by atoms with E-state index in [2.05, 4.69) is 43.6 Å². The lowest BCUT2D eigenvalue weighted by Gasteiger charge is -2.39. The minimum Gasteiger partial charge on any atom is -0.329 e. The van der Waals surface area contributed by atoms with Crippen molar-refractivity contribution in [2.75, 3.05) is 39.3 Å². The van der Waals surface area contributed by atoms with Gasteiger partial charge in [0, 0.05) is 55.1 Å². The van der Waals surface area contributed by atoms with Gasteiger partial charge in [0.1, 0.15) is 0 Å². The summed E-state index contributed by atoms with van der Waals surface area (Å²) in [5.41, 5.74) is 7.53. The summed E-state index contributed by atoms with van der Waals surface area (Å²) in [6.45, 7) is 15.6. The molecule has 1 aliphatic heterocycles. The molecule has 2 N–H and O–H groups in total. The first-order valence-electron chi connectivity index (χ1n) is 7.74. The van der Waals surface area contributed by atoms with Crippen LogP contribution >= 0.6 is 11.3 Å². The number of hydrogen-bond acceptors (Lipinski definition) is 4. The first-order chi connectivity index (χ1) is 9.51. The smallest absolute Gasteiger partial charge is 0.0482 e. The maximum atomic E-state index is 6.08. The van der Waals surface area contributed by atoms with Gasteiger partial charge in [0.25, 0.3) is 0 Å². The number of nitrogens with two attached hydrogens (primary N) is 1. The van der Waals surface area contributed by atoms with Crippen molar-refractivity contribution in [3.63, 3.8) is 0 Å². The van der Waals surface area contributed by atoms with Crippen molar-refractivity contribution in [1.82, 2.24) is 9.80 Å². The van der Waals surface area contributed by atoms with Gasteiger partial charge in [-0.1, -0.05) is 13.8 Å². The standard InChI is InChI=1S/C16H29N3S/c1-12(2)11-18-5-7-19(8-6-18)16(10-17)15-9-13(3)20-14(15)4/h9,12,16H,5-8,10-11,17H2,1-4H3. The Morgan fingerprint density at radius 2 is 1.85 bits per heavy atom. The summed E-state index contributed by atoms with van der Waals surface area (Å²) in [5.74, 6) is 0.758. The third-order valence-corrected chi connectivity index (χ3v) is 5.11. The molecule has 1 aliphatic rings. The van der Waals surface area contributed by atoms with Gasteiger partial charge in [-0.3, -0.25) is 4.90 Å². The molecule has 0 amide bonds. The summed E-state index contributed by atoms with van der Waals surface area (Å²) in [6.07, 6.45) is 0. The van der Waals surface area contributed by atoms with E-state index in [1.807, 2.05) is 11.3 Å². The lowest BCUT2D eigenvalue weighted by Crippen LogP contribution is -2.49. The first kappa shape index (κ1) is 16.0. The largest absolute Gasteiger partial charge is 0.329 e. The number of piperazine rings is 1. The maximum Gasteiger partial charge on any atom is 0.0482 e. The highest BCUT2D eigenvalue weighted by Crippen LogP contribution is 2.30. The average molecular weight is 295 g/mol. The van der Waals surface area contributed by atoms with E-state index >= 15 is 0 Å². The van der Waals surface area contributed by atoms with E-state index in [1.54, 1.807) is 0 Å². The SMILES string of the molecule is Cc1cc(C(CN)N2CCN(CC(C)C)CC2)c(C)s1. The molecule has 2 rings (SSSR count). The molecule has 0 saturated carbocycles. The molecule has 2 heterocycles. The molecule has 20 heavy (non-hydrogen) atoms. The number of aryl methyl sites for hydroxylation is 2. The second-order valence-electron chi connectivity index (χ2n) is 6.35. The minimum atomic E-state index is 0.404. The van der Waals surface area contributed by atoms with E-state index in [-0.39, 0.29) is 0 Å². The molecule has 0 spiro atoms. The third kappa shape index (κ3) is 3.82. The van der Waals surface area contributed by atoms with Crippen molar-refractivity contribution < 1.29 is 0 Å². The Morgan fingerprint density at radius 1 is 1.20 bits per heavy atom. The van der Waals surface area contributed by atoms with E-state index in [9.17, 15) is 0 Å². The highest BCUT2D eigenvalue weighted by molar-refractivity contribution is 7.12. The quantitative estimate of drug-likeness (QED) is 0.906. The van der Waals surface area contributed by atoms with Crippen LogP contribution in [0.1, 0.15) is 35.2 Å². The first-order valence-corrected chi connectivity index (χ1v) is 8.56. The van der Waals surface area contributed by atoms with E-state index in [1.165, 1.54) is 35.0 Å². The van der Waals surface area contributed by atoms with Crippen LogP contribution in [0.15, 0.2) is 6.07 Å². The Morgan fingerprint density at radius 3 is 2.30 bits per heavy atom. The van der Waals surface area contributed by atoms with Crippen molar-refractivity contribution in [3.05, 3.63) is 21.4 Å². The van der Waals surface area contributed by atoms with Gasteiger partial charge in [-0.25, -0.2) is 0 Å². The summed E-state index contributed by atoms with van der Waals surface area (Å²) in [4.78, 5) is 7.99. The molecular formula is C16H29N3S. The molecule has 0 radical (unpaired) electrons. The molecule has 1 fully saturated rings. The van der Waals surface area contributed by atoms with Crippen LogP contribution in [-0.2, 0) is 0 Å². The number of nitrogens with zero attached hydrogens (tertiary/aromatic N) is 2. The number of hydrogen-bond donors (Lipinski definition) is 1. The van der Waals surface area contributed by atoms with Crippen LogP contribution in [0.25, 0.3) is 0 Å². The predicted molar refractivity (Wildman–Crippen MR) is 88.4 cm³/mol. The normalized spacial score (nSPS) is 19.7. The highest BCUT2D eigenvalue weighted by Gasteiger charge is 2.26. The Labute approximate surface area is 127 Å². The Bertz CT molecular complexity index is 419. The molecule has 0 bridgehead atoms. The zero-order chi connectivity index (χ0) is 14.7. The number of rotatable bonds is 5. The average Bonchev–Trinajstić information content (AvgIpc) is 2.71. The van der Waals surface area contributed by atoms with Gasteiger partial charge in [-0.15, -0.1) is 11.3 Å². The zero-order valence-corrected chi connectivity index (χ0v) is 14.2. The summed E-state index contributed by atoms with van der Waals surface area (Å²) in [5, 5.41) is 0. The summed E-state index contributed by atoms with van der Waals surface area (Å²) < 4.78 is 0. The molecule has 1 aromatic rings.